The van der Waals surface area contributed by atoms with Crippen molar-refractivity contribution in [3.63, 3.8) is 0 Å². The monoisotopic (exact) mass is 558 g/mol. The molecule has 0 atom stereocenters. The molecule has 3 aromatic rings. The Balaban J connectivity index is 0.00000385. The van der Waals surface area contributed by atoms with Crippen LogP contribution < -0.4 is 21.1 Å². The van der Waals surface area contributed by atoms with Crippen molar-refractivity contribution in [1.29, 1.82) is 0 Å². The topological polar surface area (TPSA) is 88.7 Å². The third kappa shape index (κ3) is 8.42. The zero-order valence-corrected chi connectivity index (χ0v) is 21.5. The number of guanidine groups is 1. The molecule has 33 heavy (non-hydrogen) atoms. The van der Waals surface area contributed by atoms with Gasteiger partial charge in [0.2, 0.25) is 5.91 Å². The molecule has 0 aromatic heterocycles. The molecule has 0 bridgehead atoms. The second kappa shape index (κ2) is 12.8. The van der Waals surface area contributed by atoms with Crippen LogP contribution in [0.1, 0.15) is 40.9 Å². The Morgan fingerprint density at radius 1 is 1.00 bits per heavy atom. The number of carbonyl (C=O) groups excluding carboxylic acids is 1. The SMILES string of the molecule is Cc1ccccc1CNC(=NCc1ccc(C(N)=O)cc1)Nc1ccc(OC(C)C)cc1.I. The minimum absolute atomic E-state index is 0. The number of ether oxygens (including phenoxy) is 1. The van der Waals surface area contributed by atoms with Crippen LogP contribution in [0.2, 0.25) is 0 Å². The minimum atomic E-state index is -0.438. The van der Waals surface area contributed by atoms with Gasteiger partial charge in [-0.1, -0.05) is 36.4 Å². The Kier molecular flexibility index (Phi) is 10.2. The summed E-state index contributed by atoms with van der Waals surface area (Å²) in [5.41, 5.74) is 10.1. The normalized spacial score (nSPS) is 11.0. The van der Waals surface area contributed by atoms with Crippen LogP contribution in [0.25, 0.3) is 0 Å². The van der Waals surface area contributed by atoms with Crippen LogP contribution in [0.4, 0.5) is 5.69 Å². The largest absolute Gasteiger partial charge is 0.491 e. The van der Waals surface area contributed by atoms with E-state index >= 15 is 0 Å². The maximum absolute atomic E-state index is 11.3. The summed E-state index contributed by atoms with van der Waals surface area (Å²) >= 11 is 0. The summed E-state index contributed by atoms with van der Waals surface area (Å²) in [6.45, 7) is 7.20. The predicted octanol–water partition coefficient (Wildman–Crippen LogP) is 5.26. The number of hydrogen-bond acceptors (Lipinski definition) is 3. The van der Waals surface area contributed by atoms with E-state index in [4.69, 9.17) is 15.5 Å². The van der Waals surface area contributed by atoms with E-state index in [9.17, 15) is 4.79 Å². The van der Waals surface area contributed by atoms with Gasteiger partial charge in [-0.15, -0.1) is 24.0 Å². The first-order valence-electron chi connectivity index (χ1n) is 10.7. The Labute approximate surface area is 212 Å². The number of nitrogens with zero attached hydrogens (tertiary/aromatic N) is 1. The first kappa shape index (κ1) is 26.2. The highest BCUT2D eigenvalue weighted by atomic mass is 127. The van der Waals surface area contributed by atoms with Crippen molar-refractivity contribution in [3.05, 3.63) is 95.1 Å². The molecular formula is C26H31IN4O2. The lowest BCUT2D eigenvalue weighted by Gasteiger charge is -2.15. The van der Waals surface area contributed by atoms with Gasteiger partial charge in [0.05, 0.1) is 12.6 Å². The van der Waals surface area contributed by atoms with E-state index in [1.54, 1.807) is 12.1 Å². The molecular weight excluding hydrogens is 527 g/mol. The van der Waals surface area contributed by atoms with E-state index in [1.807, 2.05) is 62.4 Å². The molecule has 4 N–H and O–H groups in total. The van der Waals surface area contributed by atoms with E-state index in [0.717, 1.165) is 17.0 Å². The zero-order chi connectivity index (χ0) is 22.9. The second-order valence-electron chi connectivity index (χ2n) is 7.82. The number of primary amides is 1. The maximum atomic E-state index is 11.3. The fourth-order valence-corrected chi connectivity index (χ4v) is 3.10. The number of aliphatic imine (C=N–C) groups is 1. The van der Waals surface area contributed by atoms with E-state index in [1.165, 1.54) is 11.1 Å². The number of nitrogens with two attached hydrogens (primary N) is 1. The van der Waals surface area contributed by atoms with Crippen LogP contribution in [-0.4, -0.2) is 18.0 Å². The summed E-state index contributed by atoms with van der Waals surface area (Å²) in [5, 5.41) is 6.76. The van der Waals surface area contributed by atoms with Crippen molar-refractivity contribution in [1.82, 2.24) is 5.32 Å². The molecule has 3 rings (SSSR count). The molecule has 0 radical (unpaired) electrons. The average molecular weight is 558 g/mol. The standard InChI is InChI=1S/C26H30N4O2.HI/c1-18(2)32-24-14-12-23(13-15-24)30-26(29-17-22-7-5-4-6-19(22)3)28-16-20-8-10-21(11-9-20)25(27)31;/h4-15,18H,16-17H2,1-3H3,(H2,27,31)(H2,28,29,30);1H. The van der Waals surface area contributed by atoms with Crippen LogP contribution in [0.3, 0.4) is 0 Å². The molecule has 0 unspecified atom stereocenters. The van der Waals surface area contributed by atoms with Gasteiger partial charge in [0.1, 0.15) is 5.75 Å². The minimum Gasteiger partial charge on any atom is -0.491 e. The fraction of sp³-hybridized carbons (Fsp3) is 0.231. The highest BCUT2D eigenvalue weighted by Gasteiger charge is 2.05. The molecule has 0 fully saturated rings. The first-order valence-corrected chi connectivity index (χ1v) is 10.7. The summed E-state index contributed by atoms with van der Waals surface area (Å²) in [4.78, 5) is 16.0. The summed E-state index contributed by atoms with van der Waals surface area (Å²) in [6, 6.07) is 23.2. The van der Waals surface area contributed by atoms with Crippen molar-refractivity contribution < 1.29 is 9.53 Å². The smallest absolute Gasteiger partial charge is 0.248 e. The number of anilines is 1. The molecule has 0 aliphatic rings. The molecule has 7 heteroatoms. The van der Waals surface area contributed by atoms with Crippen LogP contribution in [0, 0.1) is 6.92 Å². The van der Waals surface area contributed by atoms with Crippen molar-refractivity contribution >= 4 is 41.5 Å². The van der Waals surface area contributed by atoms with E-state index in [2.05, 4.69) is 29.7 Å². The molecule has 0 heterocycles. The number of hydrogen-bond donors (Lipinski definition) is 3. The van der Waals surface area contributed by atoms with Gasteiger partial charge >= 0.3 is 0 Å². The third-order valence-corrected chi connectivity index (χ3v) is 4.85. The number of carbonyl (C=O) groups is 1. The summed E-state index contributed by atoms with van der Waals surface area (Å²) in [7, 11) is 0. The fourth-order valence-electron chi connectivity index (χ4n) is 3.10. The van der Waals surface area contributed by atoms with E-state index < -0.39 is 5.91 Å². The highest BCUT2D eigenvalue weighted by Crippen LogP contribution is 2.17. The predicted molar refractivity (Wildman–Crippen MR) is 145 cm³/mol. The van der Waals surface area contributed by atoms with Crippen molar-refractivity contribution in [2.75, 3.05) is 5.32 Å². The number of benzene rings is 3. The molecule has 0 saturated heterocycles. The summed E-state index contributed by atoms with van der Waals surface area (Å²) in [5.74, 6) is 1.04. The summed E-state index contributed by atoms with van der Waals surface area (Å²) < 4.78 is 5.72. The average Bonchev–Trinajstić information content (AvgIpc) is 2.77. The van der Waals surface area contributed by atoms with Gasteiger partial charge in [-0.2, -0.15) is 0 Å². The van der Waals surface area contributed by atoms with Gasteiger partial charge in [0, 0.05) is 17.8 Å². The number of rotatable bonds is 8. The molecule has 0 saturated carbocycles. The molecule has 0 spiro atoms. The Hall–Kier alpha value is -3.07. The van der Waals surface area contributed by atoms with Crippen molar-refractivity contribution in [3.8, 4) is 5.75 Å². The summed E-state index contributed by atoms with van der Waals surface area (Å²) in [6.07, 6.45) is 0.127. The maximum Gasteiger partial charge on any atom is 0.248 e. The lowest BCUT2D eigenvalue weighted by molar-refractivity contribution is 0.100. The van der Waals surface area contributed by atoms with Gasteiger partial charge in [-0.3, -0.25) is 4.79 Å². The molecule has 0 aliphatic carbocycles. The van der Waals surface area contributed by atoms with Gasteiger partial charge in [0.15, 0.2) is 5.96 Å². The molecule has 6 nitrogen and oxygen atoms in total. The van der Waals surface area contributed by atoms with Gasteiger partial charge < -0.3 is 21.1 Å². The molecule has 3 aromatic carbocycles. The van der Waals surface area contributed by atoms with Gasteiger partial charge in [-0.05, 0) is 73.9 Å². The number of nitrogens with one attached hydrogen (secondary N) is 2. The lowest BCUT2D eigenvalue weighted by Crippen LogP contribution is -2.30. The first-order chi connectivity index (χ1) is 15.4. The van der Waals surface area contributed by atoms with E-state index in [-0.39, 0.29) is 30.1 Å². The Bertz CT molecular complexity index is 1060. The van der Waals surface area contributed by atoms with Gasteiger partial charge in [0.25, 0.3) is 0 Å². The molecule has 174 valence electrons. The quantitative estimate of drug-likeness (QED) is 0.200. The molecule has 0 aliphatic heterocycles. The van der Waals surface area contributed by atoms with Crippen LogP contribution in [0.5, 0.6) is 5.75 Å². The van der Waals surface area contributed by atoms with Crippen molar-refractivity contribution in [2.24, 2.45) is 10.7 Å². The number of halogens is 1. The Morgan fingerprint density at radius 2 is 1.67 bits per heavy atom. The van der Waals surface area contributed by atoms with Gasteiger partial charge in [-0.25, -0.2) is 4.99 Å². The van der Waals surface area contributed by atoms with E-state index in [0.29, 0.717) is 24.6 Å². The third-order valence-electron chi connectivity index (χ3n) is 4.85. The lowest BCUT2D eigenvalue weighted by atomic mass is 10.1. The van der Waals surface area contributed by atoms with Crippen LogP contribution >= 0.6 is 24.0 Å². The molecule has 1 amide bonds. The van der Waals surface area contributed by atoms with Crippen LogP contribution in [0.15, 0.2) is 77.8 Å². The second-order valence-corrected chi connectivity index (χ2v) is 7.82. The number of aryl methyl sites for hydroxylation is 1. The zero-order valence-electron chi connectivity index (χ0n) is 19.2. The highest BCUT2D eigenvalue weighted by molar-refractivity contribution is 14.0. The van der Waals surface area contributed by atoms with Crippen molar-refractivity contribution in [2.45, 2.75) is 40.0 Å². The number of amides is 1. The van der Waals surface area contributed by atoms with Crippen LogP contribution in [-0.2, 0) is 13.1 Å². The Morgan fingerprint density at radius 3 is 2.27 bits per heavy atom.